The molecule has 0 spiro atoms. The number of hydrogen-bond acceptors (Lipinski definition) is 6. The highest BCUT2D eigenvalue weighted by atomic mass is 16.6. The van der Waals surface area contributed by atoms with Gasteiger partial charge in [0.2, 0.25) is 0 Å². The van der Waals surface area contributed by atoms with E-state index < -0.39 is 11.0 Å². The summed E-state index contributed by atoms with van der Waals surface area (Å²) in [6, 6.07) is 14.4. The molecule has 2 aromatic rings. The third-order valence-electron chi connectivity index (χ3n) is 4.73. The van der Waals surface area contributed by atoms with Gasteiger partial charge >= 0.3 is 5.69 Å². The maximum absolute atomic E-state index is 12.7. The van der Waals surface area contributed by atoms with Gasteiger partial charge in [-0.15, -0.1) is 0 Å². The van der Waals surface area contributed by atoms with Gasteiger partial charge < -0.3 is 19.3 Å². The molecule has 28 heavy (non-hydrogen) atoms. The molecule has 3 rings (SSSR count). The first kappa shape index (κ1) is 19.5. The molecule has 0 N–H and O–H groups in total. The molecule has 0 saturated carbocycles. The zero-order valence-corrected chi connectivity index (χ0v) is 15.9. The quantitative estimate of drug-likeness (QED) is 0.561. The lowest BCUT2D eigenvalue weighted by Gasteiger charge is -2.37. The summed E-state index contributed by atoms with van der Waals surface area (Å²) in [7, 11) is 1.43. The summed E-state index contributed by atoms with van der Waals surface area (Å²) in [5, 5.41) is 11.3. The number of nitrogens with zero attached hydrogens (tertiary/aromatic N) is 3. The number of methoxy groups -OCH3 is 1. The number of carbonyl (C=O) groups excluding carboxylic acids is 1. The smallest absolute Gasteiger partial charge is 0.314 e. The Labute approximate surface area is 163 Å². The van der Waals surface area contributed by atoms with Crippen molar-refractivity contribution in [3.05, 3.63) is 58.6 Å². The molecule has 1 fully saturated rings. The SMILES string of the molecule is COc1ccc(O[C@@H](C)C(=O)N2CCN(c3ccccc3)CC2)c([N+](=O)[O-])c1. The fraction of sp³-hybridized carbons (Fsp3) is 0.350. The molecular weight excluding hydrogens is 362 g/mol. The minimum Gasteiger partial charge on any atom is -0.496 e. The second kappa shape index (κ2) is 8.60. The third kappa shape index (κ3) is 4.33. The fourth-order valence-corrected chi connectivity index (χ4v) is 3.19. The van der Waals surface area contributed by atoms with Crippen LogP contribution in [0.15, 0.2) is 48.5 Å². The summed E-state index contributed by atoms with van der Waals surface area (Å²) in [6.45, 7) is 4.22. The number of rotatable bonds is 6. The molecular formula is C20H23N3O5. The van der Waals surface area contributed by atoms with E-state index in [2.05, 4.69) is 4.90 Å². The van der Waals surface area contributed by atoms with E-state index in [1.54, 1.807) is 17.9 Å². The monoisotopic (exact) mass is 385 g/mol. The van der Waals surface area contributed by atoms with Crippen molar-refractivity contribution < 1.29 is 19.2 Å². The topological polar surface area (TPSA) is 85.2 Å². The highest BCUT2D eigenvalue weighted by molar-refractivity contribution is 5.81. The molecule has 8 heteroatoms. The summed E-state index contributed by atoms with van der Waals surface area (Å²) >= 11 is 0. The summed E-state index contributed by atoms with van der Waals surface area (Å²) in [6.07, 6.45) is -0.824. The molecule has 0 radical (unpaired) electrons. The van der Waals surface area contributed by atoms with Crippen LogP contribution in [0.4, 0.5) is 11.4 Å². The molecule has 1 amide bonds. The number of hydrogen-bond donors (Lipinski definition) is 0. The minimum atomic E-state index is -0.824. The Morgan fingerprint density at radius 1 is 1.11 bits per heavy atom. The molecule has 1 aliphatic heterocycles. The third-order valence-corrected chi connectivity index (χ3v) is 4.73. The maximum Gasteiger partial charge on any atom is 0.314 e. The second-order valence-electron chi connectivity index (χ2n) is 6.50. The van der Waals surface area contributed by atoms with E-state index in [1.807, 2.05) is 30.3 Å². The van der Waals surface area contributed by atoms with Crippen LogP contribution < -0.4 is 14.4 Å². The van der Waals surface area contributed by atoms with Gasteiger partial charge in [-0.1, -0.05) is 18.2 Å². The molecule has 0 aliphatic carbocycles. The Kier molecular flexibility index (Phi) is 5.98. The van der Waals surface area contributed by atoms with Crippen LogP contribution in [0.3, 0.4) is 0 Å². The van der Waals surface area contributed by atoms with Gasteiger partial charge in [-0.2, -0.15) is 0 Å². The normalized spacial score (nSPS) is 15.1. The van der Waals surface area contributed by atoms with E-state index in [4.69, 9.17) is 9.47 Å². The number of anilines is 1. The van der Waals surface area contributed by atoms with E-state index >= 15 is 0 Å². The summed E-state index contributed by atoms with van der Waals surface area (Å²) in [4.78, 5) is 27.4. The molecule has 2 aromatic carbocycles. The number of amides is 1. The van der Waals surface area contributed by atoms with Crippen LogP contribution in [0.5, 0.6) is 11.5 Å². The molecule has 1 heterocycles. The molecule has 1 aliphatic rings. The molecule has 8 nitrogen and oxygen atoms in total. The molecule has 1 atom stereocenters. The van der Waals surface area contributed by atoms with Crippen molar-refractivity contribution in [3.63, 3.8) is 0 Å². The van der Waals surface area contributed by atoms with Gasteiger partial charge in [0.25, 0.3) is 5.91 Å². The first-order valence-electron chi connectivity index (χ1n) is 9.07. The van der Waals surface area contributed by atoms with Gasteiger partial charge in [-0.25, -0.2) is 0 Å². The Balaban J connectivity index is 1.62. The second-order valence-corrected chi connectivity index (χ2v) is 6.50. The number of benzene rings is 2. The number of nitro benzene ring substituents is 1. The fourth-order valence-electron chi connectivity index (χ4n) is 3.19. The van der Waals surface area contributed by atoms with Crippen molar-refractivity contribution in [2.75, 3.05) is 38.2 Å². The summed E-state index contributed by atoms with van der Waals surface area (Å²) in [5.74, 6) is 0.225. The lowest BCUT2D eigenvalue weighted by Crippen LogP contribution is -2.52. The van der Waals surface area contributed by atoms with E-state index in [0.717, 1.165) is 18.8 Å². The van der Waals surface area contributed by atoms with Crippen LogP contribution in [0, 0.1) is 10.1 Å². The number of ether oxygens (including phenoxy) is 2. The van der Waals surface area contributed by atoms with Gasteiger partial charge in [0, 0.05) is 31.9 Å². The van der Waals surface area contributed by atoms with Gasteiger partial charge in [-0.3, -0.25) is 14.9 Å². The summed E-state index contributed by atoms with van der Waals surface area (Å²) < 4.78 is 10.6. The van der Waals surface area contributed by atoms with E-state index in [1.165, 1.54) is 19.2 Å². The predicted molar refractivity (Wildman–Crippen MR) is 105 cm³/mol. The Bertz CT molecular complexity index is 835. The van der Waals surface area contributed by atoms with Gasteiger partial charge in [0.15, 0.2) is 11.9 Å². The lowest BCUT2D eigenvalue weighted by atomic mass is 10.2. The van der Waals surface area contributed by atoms with E-state index in [-0.39, 0.29) is 17.3 Å². The van der Waals surface area contributed by atoms with Crippen molar-refractivity contribution >= 4 is 17.3 Å². The molecule has 0 bridgehead atoms. The number of carbonyl (C=O) groups is 1. The van der Waals surface area contributed by atoms with Crippen molar-refractivity contribution in [3.8, 4) is 11.5 Å². The average Bonchev–Trinajstić information content (AvgIpc) is 2.74. The lowest BCUT2D eigenvalue weighted by molar-refractivity contribution is -0.386. The largest absolute Gasteiger partial charge is 0.496 e. The maximum atomic E-state index is 12.7. The number of nitro groups is 1. The standard InChI is InChI=1S/C20H23N3O5/c1-15(28-19-9-8-17(27-2)14-18(19)23(25)26)20(24)22-12-10-21(11-13-22)16-6-4-3-5-7-16/h3-9,14-15H,10-13H2,1-2H3/t15-/m0/s1. The van der Waals surface area contributed by atoms with E-state index in [0.29, 0.717) is 18.8 Å². The summed E-state index contributed by atoms with van der Waals surface area (Å²) in [5.41, 5.74) is 0.903. The van der Waals surface area contributed by atoms with Crippen LogP contribution >= 0.6 is 0 Å². The molecule has 0 unspecified atom stereocenters. The molecule has 1 saturated heterocycles. The van der Waals surface area contributed by atoms with Crippen LogP contribution in [-0.4, -0.2) is 55.1 Å². The van der Waals surface area contributed by atoms with Crippen LogP contribution in [0.1, 0.15) is 6.92 Å². The van der Waals surface area contributed by atoms with Crippen molar-refractivity contribution in [2.24, 2.45) is 0 Å². The van der Waals surface area contributed by atoms with E-state index in [9.17, 15) is 14.9 Å². The zero-order chi connectivity index (χ0) is 20.1. The highest BCUT2D eigenvalue weighted by Crippen LogP contribution is 2.32. The highest BCUT2D eigenvalue weighted by Gasteiger charge is 2.28. The first-order chi connectivity index (χ1) is 13.5. The molecule has 0 aromatic heterocycles. The Hall–Kier alpha value is -3.29. The predicted octanol–water partition coefficient (Wildman–Crippen LogP) is 2.72. The van der Waals surface area contributed by atoms with Crippen molar-refractivity contribution in [1.29, 1.82) is 0 Å². The minimum absolute atomic E-state index is 0.0505. The van der Waals surface area contributed by atoms with Gasteiger partial charge in [-0.05, 0) is 31.2 Å². The van der Waals surface area contributed by atoms with Gasteiger partial charge in [0.1, 0.15) is 5.75 Å². The molecule has 148 valence electrons. The van der Waals surface area contributed by atoms with Crippen LogP contribution in [-0.2, 0) is 4.79 Å². The van der Waals surface area contributed by atoms with Crippen molar-refractivity contribution in [2.45, 2.75) is 13.0 Å². The first-order valence-corrected chi connectivity index (χ1v) is 9.07. The number of piperazine rings is 1. The zero-order valence-electron chi connectivity index (χ0n) is 15.9. The average molecular weight is 385 g/mol. The van der Waals surface area contributed by atoms with Crippen molar-refractivity contribution in [1.82, 2.24) is 4.90 Å². The van der Waals surface area contributed by atoms with Crippen LogP contribution in [0.2, 0.25) is 0 Å². The number of para-hydroxylation sites is 1. The van der Waals surface area contributed by atoms with Crippen LogP contribution in [0.25, 0.3) is 0 Å². The Morgan fingerprint density at radius 3 is 2.39 bits per heavy atom. The Morgan fingerprint density at radius 2 is 1.79 bits per heavy atom. The van der Waals surface area contributed by atoms with Gasteiger partial charge in [0.05, 0.1) is 18.1 Å².